The van der Waals surface area contributed by atoms with Gasteiger partial charge in [0.15, 0.2) is 4.34 Å². The molecule has 2 aromatic carbocycles. The average Bonchev–Trinajstić information content (AvgIpc) is 2.99. The summed E-state index contributed by atoms with van der Waals surface area (Å²) >= 11 is 3.12. The van der Waals surface area contributed by atoms with E-state index < -0.39 is 0 Å². The monoisotopic (exact) mass is 378 g/mol. The maximum absolute atomic E-state index is 13.0. The molecule has 0 fully saturated rings. The first-order valence-electron chi connectivity index (χ1n) is 7.90. The van der Waals surface area contributed by atoms with Gasteiger partial charge in [-0.1, -0.05) is 11.8 Å². The van der Waals surface area contributed by atoms with Crippen LogP contribution in [0, 0.1) is 5.82 Å². The molecule has 0 atom stereocenters. The molecule has 3 aromatic rings. The minimum absolute atomic E-state index is 0.151. The number of aliphatic hydroxyl groups is 1. The van der Waals surface area contributed by atoms with Crippen LogP contribution in [0.5, 0.6) is 5.75 Å². The molecule has 1 aromatic heterocycles. The average molecular weight is 378 g/mol. The van der Waals surface area contributed by atoms with E-state index in [-0.39, 0.29) is 12.4 Å². The molecule has 3 rings (SSSR count). The van der Waals surface area contributed by atoms with Gasteiger partial charge in [-0.25, -0.2) is 9.37 Å². The van der Waals surface area contributed by atoms with Crippen LogP contribution >= 0.6 is 23.1 Å². The Kier molecular flexibility index (Phi) is 6.25. The van der Waals surface area contributed by atoms with Crippen molar-refractivity contribution >= 4 is 33.3 Å². The molecule has 0 unspecified atom stereocenters. The van der Waals surface area contributed by atoms with Gasteiger partial charge in [-0.15, -0.1) is 11.3 Å². The topological polar surface area (TPSA) is 45.6 Å². The first-order valence-corrected chi connectivity index (χ1v) is 9.53. The van der Waals surface area contributed by atoms with Crippen LogP contribution in [0.1, 0.15) is 0 Å². The summed E-state index contributed by atoms with van der Waals surface area (Å²) in [5.74, 6) is 0.576. The van der Waals surface area contributed by atoms with Crippen molar-refractivity contribution in [3.63, 3.8) is 0 Å². The van der Waals surface area contributed by atoms with Gasteiger partial charge < -0.3 is 14.7 Å². The van der Waals surface area contributed by atoms with Crippen molar-refractivity contribution in [1.82, 2.24) is 9.88 Å². The SMILES string of the molecule is CN(CCO)CCOc1ccc2nc(Sc3ccc(F)cc3)sc2c1. The highest BCUT2D eigenvalue weighted by molar-refractivity contribution is 8.01. The number of fused-ring (bicyclic) bond motifs is 1. The van der Waals surface area contributed by atoms with E-state index in [0.717, 1.165) is 31.7 Å². The van der Waals surface area contributed by atoms with E-state index in [2.05, 4.69) is 4.98 Å². The van der Waals surface area contributed by atoms with Crippen LogP contribution < -0.4 is 4.74 Å². The Labute approximate surface area is 154 Å². The Morgan fingerprint density at radius 3 is 2.76 bits per heavy atom. The van der Waals surface area contributed by atoms with Gasteiger partial charge in [0.25, 0.3) is 0 Å². The number of nitrogens with zero attached hydrogens (tertiary/aromatic N) is 2. The predicted octanol–water partition coefficient (Wildman–Crippen LogP) is 3.89. The number of hydrogen-bond donors (Lipinski definition) is 1. The highest BCUT2D eigenvalue weighted by Gasteiger charge is 2.08. The van der Waals surface area contributed by atoms with Crippen LogP contribution in [0.2, 0.25) is 0 Å². The molecule has 0 radical (unpaired) electrons. The van der Waals surface area contributed by atoms with E-state index in [1.807, 2.05) is 30.1 Å². The lowest BCUT2D eigenvalue weighted by Gasteiger charge is -2.15. The zero-order valence-corrected chi connectivity index (χ0v) is 15.4. The molecule has 0 saturated carbocycles. The van der Waals surface area contributed by atoms with Gasteiger partial charge in [-0.3, -0.25) is 0 Å². The second kappa shape index (κ2) is 8.62. The zero-order chi connectivity index (χ0) is 17.6. The Hall–Kier alpha value is -1.67. The van der Waals surface area contributed by atoms with Crippen LogP contribution in [0.15, 0.2) is 51.7 Å². The van der Waals surface area contributed by atoms with Crippen molar-refractivity contribution in [2.45, 2.75) is 9.24 Å². The van der Waals surface area contributed by atoms with Gasteiger partial charge in [0.1, 0.15) is 18.2 Å². The van der Waals surface area contributed by atoms with Crippen molar-refractivity contribution in [3.8, 4) is 5.75 Å². The van der Waals surface area contributed by atoms with E-state index in [1.54, 1.807) is 23.5 Å². The van der Waals surface area contributed by atoms with Crippen molar-refractivity contribution in [1.29, 1.82) is 0 Å². The third-order valence-electron chi connectivity index (χ3n) is 3.58. The summed E-state index contributed by atoms with van der Waals surface area (Å²) in [5, 5.41) is 8.88. The quantitative estimate of drug-likeness (QED) is 0.644. The number of benzene rings is 2. The molecule has 1 N–H and O–H groups in total. The highest BCUT2D eigenvalue weighted by Crippen LogP contribution is 2.35. The van der Waals surface area contributed by atoms with Gasteiger partial charge in [0, 0.05) is 18.0 Å². The Balaban J connectivity index is 1.63. The standard InChI is InChI=1S/C18H19FN2O2S2/c1-21(8-10-22)9-11-23-14-4-7-16-17(12-14)25-18(20-16)24-15-5-2-13(19)3-6-15/h2-7,12,22H,8-11H2,1H3. The summed E-state index contributed by atoms with van der Waals surface area (Å²) in [4.78, 5) is 7.58. The van der Waals surface area contributed by atoms with Gasteiger partial charge in [-0.05, 0) is 49.5 Å². The lowest BCUT2D eigenvalue weighted by atomic mass is 10.3. The molecular weight excluding hydrogens is 359 g/mol. The molecule has 132 valence electrons. The summed E-state index contributed by atoms with van der Waals surface area (Å²) in [6, 6.07) is 12.3. The van der Waals surface area contributed by atoms with Crippen molar-refractivity contribution in [2.75, 3.05) is 33.4 Å². The minimum Gasteiger partial charge on any atom is -0.492 e. The van der Waals surface area contributed by atoms with Crippen LogP contribution in [0.25, 0.3) is 10.2 Å². The smallest absolute Gasteiger partial charge is 0.155 e. The molecule has 1 heterocycles. The molecule has 0 bridgehead atoms. The molecule has 25 heavy (non-hydrogen) atoms. The molecular formula is C18H19FN2O2S2. The van der Waals surface area contributed by atoms with E-state index >= 15 is 0 Å². The molecule has 0 aliphatic carbocycles. The van der Waals surface area contributed by atoms with E-state index in [1.165, 1.54) is 23.9 Å². The van der Waals surface area contributed by atoms with E-state index in [4.69, 9.17) is 9.84 Å². The fourth-order valence-electron chi connectivity index (χ4n) is 2.22. The van der Waals surface area contributed by atoms with E-state index in [0.29, 0.717) is 13.2 Å². The number of thiazole rings is 1. The first-order chi connectivity index (χ1) is 12.1. The van der Waals surface area contributed by atoms with Crippen LogP contribution in [0.3, 0.4) is 0 Å². The van der Waals surface area contributed by atoms with E-state index in [9.17, 15) is 4.39 Å². The Morgan fingerprint density at radius 2 is 2.00 bits per heavy atom. The molecule has 0 amide bonds. The normalized spacial score (nSPS) is 11.4. The third-order valence-corrected chi connectivity index (χ3v) is 5.67. The molecule has 0 spiro atoms. The fourth-order valence-corrected chi connectivity index (χ4v) is 4.29. The zero-order valence-electron chi connectivity index (χ0n) is 13.8. The lowest BCUT2D eigenvalue weighted by Crippen LogP contribution is -2.27. The van der Waals surface area contributed by atoms with Gasteiger partial charge in [0.2, 0.25) is 0 Å². The maximum Gasteiger partial charge on any atom is 0.155 e. The van der Waals surface area contributed by atoms with Crippen molar-refractivity contribution in [3.05, 3.63) is 48.3 Å². The lowest BCUT2D eigenvalue weighted by molar-refractivity contribution is 0.192. The van der Waals surface area contributed by atoms with Gasteiger partial charge in [0.05, 0.1) is 16.8 Å². The van der Waals surface area contributed by atoms with Crippen LogP contribution in [-0.2, 0) is 0 Å². The molecule has 0 aliphatic heterocycles. The van der Waals surface area contributed by atoms with Crippen LogP contribution in [0.4, 0.5) is 4.39 Å². The number of hydrogen-bond acceptors (Lipinski definition) is 6. The number of ether oxygens (including phenoxy) is 1. The molecule has 0 saturated heterocycles. The highest BCUT2D eigenvalue weighted by atomic mass is 32.2. The number of halogens is 1. The Morgan fingerprint density at radius 1 is 1.20 bits per heavy atom. The third kappa shape index (κ3) is 5.15. The number of aliphatic hydroxyl groups excluding tert-OH is 1. The molecule has 4 nitrogen and oxygen atoms in total. The summed E-state index contributed by atoms with van der Waals surface area (Å²) in [5.41, 5.74) is 0.930. The van der Waals surface area contributed by atoms with Gasteiger partial charge in [-0.2, -0.15) is 0 Å². The largest absolute Gasteiger partial charge is 0.492 e. The number of likely N-dealkylation sites (N-methyl/N-ethyl adjacent to an activating group) is 1. The minimum atomic E-state index is -0.236. The maximum atomic E-state index is 13.0. The second-order valence-electron chi connectivity index (χ2n) is 5.54. The number of aromatic nitrogens is 1. The first kappa shape index (κ1) is 18.1. The van der Waals surface area contributed by atoms with Crippen LogP contribution in [-0.4, -0.2) is 48.3 Å². The fraction of sp³-hybridized carbons (Fsp3) is 0.278. The van der Waals surface area contributed by atoms with Gasteiger partial charge >= 0.3 is 0 Å². The summed E-state index contributed by atoms with van der Waals surface area (Å²) in [6.45, 7) is 2.12. The molecule has 0 aliphatic rings. The predicted molar refractivity (Wildman–Crippen MR) is 100 cm³/mol. The summed E-state index contributed by atoms with van der Waals surface area (Å²) in [6.07, 6.45) is 0. The summed E-state index contributed by atoms with van der Waals surface area (Å²) in [7, 11) is 1.95. The van der Waals surface area contributed by atoms with Crippen molar-refractivity contribution in [2.24, 2.45) is 0 Å². The van der Waals surface area contributed by atoms with Crippen molar-refractivity contribution < 1.29 is 14.2 Å². The second-order valence-corrected chi connectivity index (χ2v) is 7.89. The summed E-state index contributed by atoms with van der Waals surface area (Å²) < 4.78 is 20.7. The number of rotatable bonds is 8. The Bertz CT molecular complexity index is 824. The molecule has 7 heteroatoms.